The first-order chi connectivity index (χ1) is 11.7. The fourth-order valence-corrected chi connectivity index (χ4v) is 3.26. The Labute approximate surface area is 141 Å². The minimum Gasteiger partial charge on any atom is -0.361 e. The van der Waals surface area contributed by atoms with Gasteiger partial charge in [-0.05, 0) is 24.5 Å². The molecule has 3 rings (SSSR count). The van der Waals surface area contributed by atoms with E-state index in [1.807, 2.05) is 35.4 Å². The number of para-hydroxylation sites is 1. The van der Waals surface area contributed by atoms with E-state index in [9.17, 15) is 9.59 Å². The van der Waals surface area contributed by atoms with Crippen molar-refractivity contribution in [2.24, 2.45) is 5.92 Å². The maximum Gasteiger partial charge on any atom is 0.227 e. The van der Waals surface area contributed by atoms with Gasteiger partial charge in [-0.1, -0.05) is 24.3 Å². The largest absolute Gasteiger partial charge is 0.361 e. The van der Waals surface area contributed by atoms with Crippen LogP contribution < -0.4 is 5.32 Å². The zero-order valence-corrected chi connectivity index (χ0v) is 13.8. The van der Waals surface area contributed by atoms with E-state index in [2.05, 4.69) is 16.9 Å². The van der Waals surface area contributed by atoms with Crippen molar-refractivity contribution < 1.29 is 9.59 Å². The monoisotopic (exact) mass is 325 g/mol. The van der Waals surface area contributed by atoms with Crippen LogP contribution in [0.3, 0.4) is 0 Å². The summed E-state index contributed by atoms with van der Waals surface area (Å²) in [6.45, 7) is 5.39. The van der Waals surface area contributed by atoms with E-state index in [-0.39, 0.29) is 17.7 Å². The summed E-state index contributed by atoms with van der Waals surface area (Å²) in [7, 11) is 0. The van der Waals surface area contributed by atoms with Crippen molar-refractivity contribution in [3.8, 4) is 0 Å². The topological polar surface area (TPSA) is 65.2 Å². The van der Waals surface area contributed by atoms with Gasteiger partial charge in [-0.25, -0.2) is 0 Å². The van der Waals surface area contributed by atoms with Crippen molar-refractivity contribution in [2.75, 3.05) is 19.6 Å². The number of carbonyl (C=O) groups excluding carboxylic acids is 2. The molecule has 1 fully saturated rings. The standard InChI is InChI=1S/C19H23N3O2/c1-2-9-20-19(24)14-7-10-22(11-8-14)18(23)12-15-13-21-17-6-4-3-5-16(15)17/h2-6,13-14,21H,1,7-12H2,(H,20,24). The molecule has 5 nitrogen and oxygen atoms in total. The van der Waals surface area contributed by atoms with Crippen LogP contribution in [0.1, 0.15) is 18.4 Å². The number of nitrogens with zero attached hydrogens (tertiary/aromatic N) is 1. The molecular formula is C19H23N3O2. The lowest BCUT2D eigenvalue weighted by Crippen LogP contribution is -2.43. The number of nitrogens with one attached hydrogen (secondary N) is 2. The molecule has 1 aromatic carbocycles. The number of hydrogen-bond acceptors (Lipinski definition) is 2. The minimum atomic E-state index is 0.00193. The Kier molecular flexibility index (Phi) is 4.99. The highest BCUT2D eigenvalue weighted by Gasteiger charge is 2.27. The molecule has 1 aromatic heterocycles. The molecule has 5 heteroatoms. The van der Waals surface area contributed by atoms with E-state index in [0.717, 1.165) is 29.3 Å². The number of piperidine rings is 1. The Morgan fingerprint density at radius 3 is 2.79 bits per heavy atom. The van der Waals surface area contributed by atoms with Crippen LogP contribution >= 0.6 is 0 Å². The van der Waals surface area contributed by atoms with Crippen molar-refractivity contribution >= 4 is 22.7 Å². The molecule has 126 valence electrons. The lowest BCUT2D eigenvalue weighted by atomic mass is 9.95. The second-order valence-electron chi connectivity index (χ2n) is 6.23. The highest BCUT2D eigenvalue weighted by atomic mass is 16.2. The quantitative estimate of drug-likeness (QED) is 0.828. The van der Waals surface area contributed by atoms with Crippen LogP contribution in [0.5, 0.6) is 0 Å². The molecule has 0 radical (unpaired) electrons. The third kappa shape index (κ3) is 3.50. The SMILES string of the molecule is C=CCNC(=O)C1CCN(C(=O)Cc2c[nH]c3ccccc23)CC1. The summed E-state index contributed by atoms with van der Waals surface area (Å²) in [4.78, 5) is 29.6. The van der Waals surface area contributed by atoms with Crippen LogP contribution in [0, 0.1) is 5.92 Å². The van der Waals surface area contributed by atoms with Crippen LogP contribution in [-0.2, 0) is 16.0 Å². The van der Waals surface area contributed by atoms with E-state index in [1.165, 1.54) is 0 Å². The zero-order chi connectivity index (χ0) is 16.9. The molecule has 1 aliphatic heterocycles. The predicted octanol–water partition coefficient (Wildman–Crippen LogP) is 2.25. The molecule has 2 N–H and O–H groups in total. The molecule has 0 atom stereocenters. The minimum absolute atomic E-state index is 0.00193. The van der Waals surface area contributed by atoms with Crippen LogP contribution in [0.15, 0.2) is 43.1 Å². The Hall–Kier alpha value is -2.56. The van der Waals surface area contributed by atoms with Gasteiger partial charge in [0.05, 0.1) is 6.42 Å². The molecule has 24 heavy (non-hydrogen) atoms. The second-order valence-corrected chi connectivity index (χ2v) is 6.23. The number of benzene rings is 1. The summed E-state index contributed by atoms with van der Waals surface area (Å²) in [5, 5.41) is 3.94. The molecule has 0 unspecified atom stereocenters. The fourth-order valence-electron chi connectivity index (χ4n) is 3.26. The summed E-state index contributed by atoms with van der Waals surface area (Å²) in [5.41, 5.74) is 2.08. The van der Waals surface area contributed by atoms with Gasteiger partial charge >= 0.3 is 0 Å². The van der Waals surface area contributed by atoms with Gasteiger partial charge in [-0.2, -0.15) is 0 Å². The molecule has 1 aliphatic rings. The van der Waals surface area contributed by atoms with Crippen LogP contribution in [0.2, 0.25) is 0 Å². The summed E-state index contributed by atoms with van der Waals surface area (Å²) >= 11 is 0. The fraction of sp³-hybridized carbons (Fsp3) is 0.368. The van der Waals surface area contributed by atoms with Gasteiger partial charge in [0.2, 0.25) is 11.8 Å². The molecule has 2 amide bonds. The average Bonchev–Trinajstić information content (AvgIpc) is 3.03. The highest BCUT2D eigenvalue weighted by Crippen LogP contribution is 2.21. The van der Waals surface area contributed by atoms with Crippen molar-refractivity contribution in [1.82, 2.24) is 15.2 Å². The Morgan fingerprint density at radius 1 is 1.29 bits per heavy atom. The Morgan fingerprint density at radius 2 is 2.04 bits per heavy atom. The van der Waals surface area contributed by atoms with Gasteiger partial charge in [-0.3, -0.25) is 9.59 Å². The number of hydrogen-bond donors (Lipinski definition) is 2. The van der Waals surface area contributed by atoms with Crippen molar-refractivity contribution in [3.63, 3.8) is 0 Å². The summed E-state index contributed by atoms with van der Waals surface area (Å²) in [6, 6.07) is 8.01. The molecule has 0 saturated carbocycles. The number of aromatic amines is 1. The third-order valence-corrected chi connectivity index (χ3v) is 4.66. The van der Waals surface area contributed by atoms with Gasteiger partial charge < -0.3 is 15.2 Å². The average molecular weight is 325 g/mol. The van der Waals surface area contributed by atoms with Gasteiger partial charge in [0.15, 0.2) is 0 Å². The second kappa shape index (κ2) is 7.34. The van der Waals surface area contributed by atoms with E-state index in [0.29, 0.717) is 26.1 Å². The van der Waals surface area contributed by atoms with Crippen LogP contribution in [-0.4, -0.2) is 41.3 Å². The molecule has 1 saturated heterocycles. The number of rotatable bonds is 5. The van der Waals surface area contributed by atoms with Gasteiger partial charge in [-0.15, -0.1) is 6.58 Å². The lowest BCUT2D eigenvalue weighted by molar-refractivity contribution is -0.135. The molecule has 2 aromatic rings. The first-order valence-electron chi connectivity index (χ1n) is 8.40. The predicted molar refractivity (Wildman–Crippen MR) is 94.5 cm³/mol. The normalized spacial score (nSPS) is 15.4. The van der Waals surface area contributed by atoms with Gasteiger partial charge in [0.25, 0.3) is 0 Å². The molecular weight excluding hydrogens is 302 g/mol. The number of H-pyrrole nitrogens is 1. The lowest BCUT2D eigenvalue weighted by Gasteiger charge is -2.31. The number of fused-ring (bicyclic) bond motifs is 1. The summed E-state index contributed by atoms with van der Waals surface area (Å²) in [6.07, 6.45) is 5.44. The van der Waals surface area contributed by atoms with Gasteiger partial charge in [0.1, 0.15) is 0 Å². The zero-order valence-electron chi connectivity index (χ0n) is 13.8. The Bertz CT molecular complexity index is 742. The van der Waals surface area contributed by atoms with E-state index in [4.69, 9.17) is 0 Å². The van der Waals surface area contributed by atoms with Crippen molar-refractivity contribution in [3.05, 3.63) is 48.7 Å². The van der Waals surface area contributed by atoms with Gasteiger partial charge in [0, 0.05) is 42.7 Å². The van der Waals surface area contributed by atoms with Crippen LogP contribution in [0.4, 0.5) is 0 Å². The number of likely N-dealkylation sites (tertiary alicyclic amines) is 1. The first-order valence-corrected chi connectivity index (χ1v) is 8.40. The highest BCUT2D eigenvalue weighted by molar-refractivity contribution is 5.89. The number of amides is 2. The van der Waals surface area contributed by atoms with E-state index >= 15 is 0 Å². The summed E-state index contributed by atoms with van der Waals surface area (Å²) < 4.78 is 0. The third-order valence-electron chi connectivity index (χ3n) is 4.66. The van der Waals surface area contributed by atoms with E-state index in [1.54, 1.807) is 6.08 Å². The smallest absolute Gasteiger partial charge is 0.227 e. The maximum absolute atomic E-state index is 12.6. The first kappa shape index (κ1) is 16.3. The Balaban J connectivity index is 1.55. The van der Waals surface area contributed by atoms with Crippen molar-refractivity contribution in [2.45, 2.75) is 19.3 Å². The van der Waals surface area contributed by atoms with Crippen LogP contribution in [0.25, 0.3) is 10.9 Å². The molecule has 2 heterocycles. The van der Waals surface area contributed by atoms with E-state index < -0.39 is 0 Å². The number of aromatic nitrogens is 1. The summed E-state index contributed by atoms with van der Waals surface area (Å²) in [5.74, 6) is 0.199. The molecule has 0 spiro atoms. The number of carbonyl (C=O) groups is 2. The maximum atomic E-state index is 12.6. The molecule has 0 bridgehead atoms. The molecule has 0 aliphatic carbocycles. The van der Waals surface area contributed by atoms with Crippen molar-refractivity contribution in [1.29, 1.82) is 0 Å².